The first-order valence-electron chi connectivity index (χ1n) is 4.85. The molecule has 0 spiro atoms. The average Bonchev–Trinajstić information content (AvgIpc) is 2.11. The smallest absolute Gasteiger partial charge is 0.341 e. The molecule has 0 saturated carbocycles. The van der Waals surface area contributed by atoms with Crippen LogP contribution in [0.5, 0.6) is 0 Å². The number of allylic oxidation sites excluding steroid dienone is 2. The van der Waals surface area contributed by atoms with E-state index in [-0.39, 0.29) is 18.0 Å². The summed E-state index contributed by atoms with van der Waals surface area (Å²) in [6.07, 6.45) is 4.97. The lowest BCUT2D eigenvalue weighted by Crippen LogP contribution is -3.00. The van der Waals surface area contributed by atoms with Gasteiger partial charge in [-0.05, 0) is 26.0 Å². The minimum absolute atomic E-state index is 0.0781. The fourth-order valence-corrected chi connectivity index (χ4v) is 0.875. The number of nitrogens with one attached hydrogen (secondary N) is 1. The molecule has 0 aromatic heterocycles. The summed E-state index contributed by atoms with van der Waals surface area (Å²) in [6.45, 7) is 3.32. The fraction of sp³-hybridized carbons (Fsp3) is 0.455. The van der Waals surface area contributed by atoms with Gasteiger partial charge in [-0.3, -0.25) is 4.79 Å². The summed E-state index contributed by atoms with van der Waals surface area (Å²) in [5.74, 6) is -0.852. The van der Waals surface area contributed by atoms with Crippen LogP contribution in [0.3, 0.4) is 0 Å². The van der Waals surface area contributed by atoms with E-state index < -0.39 is 5.97 Å². The van der Waals surface area contributed by atoms with E-state index in [0.29, 0.717) is 0 Å². The molecule has 0 amide bonds. The maximum atomic E-state index is 11.3. The third-order valence-electron chi connectivity index (χ3n) is 1.57. The molecule has 0 unspecified atom stereocenters. The summed E-state index contributed by atoms with van der Waals surface area (Å²) < 4.78 is 4.75. The van der Waals surface area contributed by atoms with Crippen LogP contribution in [0.4, 0.5) is 0 Å². The van der Waals surface area contributed by atoms with Crippen LogP contribution < -0.4 is 4.90 Å². The van der Waals surface area contributed by atoms with E-state index in [2.05, 4.69) is 0 Å². The predicted octanol–water partition coefficient (Wildman–Crippen LogP) is -0.277. The van der Waals surface area contributed by atoms with Gasteiger partial charge in [-0.1, -0.05) is 0 Å². The highest BCUT2D eigenvalue weighted by Gasteiger charge is 2.14. The zero-order chi connectivity index (χ0) is 11.8. The SMILES string of the molecule is CCOC(=O)/C(=C/C=C/[NH+](C)C)C(C)=O. The van der Waals surface area contributed by atoms with Crippen molar-refractivity contribution in [2.75, 3.05) is 20.7 Å². The number of Topliss-reactive ketones (excluding diaryl/α,β-unsaturated/α-hetero) is 1. The van der Waals surface area contributed by atoms with E-state index >= 15 is 0 Å². The molecular formula is C11H18NO3+. The van der Waals surface area contributed by atoms with Gasteiger partial charge in [-0.25, -0.2) is 4.79 Å². The Balaban J connectivity index is 4.66. The molecule has 0 aromatic rings. The lowest BCUT2D eigenvalue weighted by atomic mass is 10.2. The van der Waals surface area contributed by atoms with Gasteiger partial charge in [0.2, 0.25) is 0 Å². The maximum Gasteiger partial charge on any atom is 0.341 e. The summed E-state index contributed by atoms with van der Waals surface area (Å²) in [4.78, 5) is 23.5. The second kappa shape index (κ2) is 6.95. The van der Waals surface area contributed by atoms with Gasteiger partial charge in [0.1, 0.15) is 5.57 Å². The van der Waals surface area contributed by atoms with Gasteiger partial charge in [-0.15, -0.1) is 0 Å². The Hall–Kier alpha value is -1.42. The Labute approximate surface area is 90.2 Å². The number of rotatable bonds is 5. The molecule has 0 fully saturated rings. The molecule has 0 atom stereocenters. The highest BCUT2D eigenvalue weighted by molar-refractivity contribution is 6.16. The number of carbonyl (C=O) groups is 2. The summed E-state index contributed by atoms with van der Waals surface area (Å²) in [7, 11) is 3.87. The molecule has 15 heavy (non-hydrogen) atoms. The Kier molecular flexibility index (Phi) is 6.29. The van der Waals surface area contributed by atoms with Crippen molar-refractivity contribution in [1.82, 2.24) is 0 Å². The fourth-order valence-electron chi connectivity index (χ4n) is 0.875. The summed E-state index contributed by atoms with van der Waals surface area (Å²) in [5, 5.41) is 0. The molecule has 1 N–H and O–H groups in total. The van der Waals surface area contributed by atoms with Crippen molar-refractivity contribution >= 4 is 11.8 Å². The van der Waals surface area contributed by atoms with Crippen LogP contribution in [0, 0.1) is 0 Å². The lowest BCUT2D eigenvalue weighted by molar-refractivity contribution is -0.801. The molecule has 4 heteroatoms. The highest BCUT2D eigenvalue weighted by Crippen LogP contribution is 2.00. The van der Waals surface area contributed by atoms with Gasteiger partial charge >= 0.3 is 5.97 Å². The number of hydrogen-bond donors (Lipinski definition) is 1. The molecule has 0 saturated heterocycles. The maximum absolute atomic E-state index is 11.3. The Morgan fingerprint density at radius 1 is 1.33 bits per heavy atom. The normalized spacial score (nSPS) is 12.2. The Morgan fingerprint density at radius 3 is 2.33 bits per heavy atom. The minimum Gasteiger partial charge on any atom is -0.462 e. The molecular weight excluding hydrogens is 194 g/mol. The summed E-state index contributed by atoms with van der Waals surface area (Å²) >= 11 is 0. The predicted molar refractivity (Wildman–Crippen MR) is 57.3 cm³/mol. The topological polar surface area (TPSA) is 47.8 Å². The van der Waals surface area contributed by atoms with E-state index in [1.54, 1.807) is 13.0 Å². The van der Waals surface area contributed by atoms with Gasteiger partial charge in [0.15, 0.2) is 5.78 Å². The quantitative estimate of drug-likeness (QED) is 0.224. The van der Waals surface area contributed by atoms with Crippen LogP contribution in [0.15, 0.2) is 23.9 Å². The first kappa shape index (κ1) is 13.6. The van der Waals surface area contributed by atoms with Crippen LogP contribution in [0.1, 0.15) is 13.8 Å². The van der Waals surface area contributed by atoms with Crippen LogP contribution in [-0.4, -0.2) is 32.5 Å². The number of hydrogen-bond acceptors (Lipinski definition) is 3. The standard InChI is InChI=1S/C11H17NO3/c1-5-15-11(14)10(9(2)13)7-6-8-12(3)4/h6-8H,5H2,1-4H3/p+1/b8-6+,10-7+. The van der Waals surface area contributed by atoms with E-state index in [1.165, 1.54) is 13.0 Å². The third kappa shape index (κ3) is 5.80. The zero-order valence-corrected chi connectivity index (χ0v) is 9.66. The summed E-state index contributed by atoms with van der Waals surface area (Å²) in [6, 6.07) is 0. The van der Waals surface area contributed by atoms with Gasteiger partial charge in [0.25, 0.3) is 0 Å². The second-order valence-electron chi connectivity index (χ2n) is 3.29. The van der Waals surface area contributed by atoms with Crippen molar-refractivity contribution in [3.8, 4) is 0 Å². The molecule has 84 valence electrons. The first-order valence-corrected chi connectivity index (χ1v) is 4.85. The molecule has 0 bridgehead atoms. The second-order valence-corrected chi connectivity index (χ2v) is 3.29. The molecule has 0 aromatic carbocycles. The van der Waals surface area contributed by atoms with Crippen LogP contribution in [-0.2, 0) is 14.3 Å². The van der Waals surface area contributed by atoms with E-state index in [4.69, 9.17) is 4.74 Å². The third-order valence-corrected chi connectivity index (χ3v) is 1.57. The average molecular weight is 212 g/mol. The molecule has 0 aliphatic heterocycles. The van der Waals surface area contributed by atoms with Crippen LogP contribution in [0.25, 0.3) is 0 Å². The monoisotopic (exact) mass is 212 g/mol. The van der Waals surface area contributed by atoms with Gasteiger partial charge in [-0.2, -0.15) is 0 Å². The minimum atomic E-state index is -0.566. The van der Waals surface area contributed by atoms with Crippen molar-refractivity contribution in [2.45, 2.75) is 13.8 Å². The molecule has 0 rings (SSSR count). The van der Waals surface area contributed by atoms with Gasteiger partial charge < -0.3 is 9.64 Å². The summed E-state index contributed by atoms with van der Waals surface area (Å²) in [5.41, 5.74) is 0.0781. The lowest BCUT2D eigenvalue weighted by Gasteiger charge is -2.02. The number of carbonyl (C=O) groups excluding carboxylic acids is 2. The van der Waals surface area contributed by atoms with Crippen molar-refractivity contribution in [2.24, 2.45) is 0 Å². The van der Waals surface area contributed by atoms with E-state index in [1.807, 2.05) is 20.3 Å². The van der Waals surface area contributed by atoms with Gasteiger partial charge in [0.05, 0.1) is 26.9 Å². The van der Waals surface area contributed by atoms with E-state index in [0.717, 1.165) is 4.90 Å². The molecule has 0 aliphatic carbocycles. The van der Waals surface area contributed by atoms with Crippen LogP contribution >= 0.6 is 0 Å². The Bertz CT molecular complexity index is 290. The zero-order valence-electron chi connectivity index (χ0n) is 9.66. The highest BCUT2D eigenvalue weighted by atomic mass is 16.5. The number of esters is 1. The van der Waals surface area contributed by atoms with E-state index in [9.17, 15) is 9.59 Å². The number of quaternary nitrogens is 1. The number of ketones is 1. The molecule has 4 nitrogen and oxygen atoms in total. The van der Waals surface area contributed by atoms with Crippen molar-refractivity contribution < 1.29 is 19.2 Å². The first-order chi connectivity index (χ1) is 6.99. The van der Waals surface area contributed by atoms with Crippen LogP contribution in [0.2, 0.25) is 0 Å². The van der Waals surface area contributed by atoms with Gasteiger partial charge in [0, 0.05) is 0 Å². The largest absolute Gasteiger partial charge is 0.462 e. The Morgan fingerprint density at radius 2 is 1.93 bits per heavy atom. The van der Waals surface area contributed by atoms with Crippen molar-refractivity contribution in [3.05, 3.63) is 23.9 Å². The van der Waals surface area contributed by atoms with Crippen molar-refractivity contribution in [3.63, 3.8) is 0 Å². The molecule has 0 aliphatic rings. The van der Waals surface area contributed by atoms with Crippen molar-refractivity contribution in [1.29, 1.82) is 0 Å². The number of ether oxygens (including phenoxy) is 1. The molecule has 0 radical (unpaired) electrons. The molecule has 0 heterocycles.